The molecule has 0 fully saturated rings. The van der Waals surface area contributed by atoms with E-state index in [1.165, 1.54) is 0 Å². The van der Waals surface area contributed by atoms with E-state index < -0.39 is 0 Å². The summed E-state index contributed by atoms with van der Waals surface area (Å²) >= 11 is 0. The van der Waals surface area contributed by atoms with Crippen molar-refractivity contribution in [1.82, 2.24) is 9.13 Å². The van der Waals surface area contributed by atoms with E-state index in [1.54, 1.807) is 12.1 Å². The number of fused-ring (bicyclic) bond motifs is 10. The number of para-hydroxylation sites is 2. The summed E-state index contributed by atoms with van der Waals surface area (Å²) in [7, 11) is 0. The van der Waals surface area contributed by atoms with Gasteiger partial charge in [-0.05, 0) is 41.1 Å². The lowest BCUT2D eigenvalue weighted by Gasteiger charge is -2.29. The molecule has 0 aliphatic carbocycles. The van der Waals surface area contributed by atoms with Gasteiger partial charge in [-0.1, -0.05) is 60.7 Å². The second kappa shape index (κ2) is 7.32. The van der Waals surface area contributed by atoms with Crippen molar-refractivity contribution in [1.29, 1.82) is 10.5 Å². The Kier molecular flexibility index (Phi) is 3.84. The van der Waals surface area contributed by atoms with Gasteiger partial charge in [-0.3, -0.25) is 9.13 Å². The zero-order valence-corrected chi connectivity index (χ0v) is 20.8. The summed E-state index contributed by atoms with van der Waals surface area (Å²) < 4.78 is 17.6. The number of hydrogen-bond acceptors (Lipinski definition) is 4. The van der Waals surface area contributed by atoms with Crippen molar-refractivity contribution < 1.29 is 8.83 Å². The minimum absolute atomic E-state index is 0.279. The van der Waals surface area contributed by atoms with Crippen LogP contribution in [0.15, 0.2) is 106 Å². The maximum absolute atomic E-state index is 9.94. The smallest absolute Gasteiger partial charge is 0.154 e. The molecule has 0 spiro atoms. The van der Waals surface area contributed by atoms with Crippen LogP contribution in [-0.2, 0) is 0 Å². The van der Waals surface area contributed by atoms with Crippen LogP contribution in [0.5, 0.6) is 0 Å². The Balaban J connectivity index is 1.73. The van der Waals surface area contributed by atoms with E-state index in [4.69, 9.17) is 8.83 Å². The first-order chi connectivity index (χ1) is 19.7. The van der Waals surface area contributed by atoms with Crippen molar-refractivity contribution >= 4 is 65.9 Å². The second-order valence-corrected chi connectivity index (χ2v) is 10.0. The molecule has 0 aromatic heterocycles. The molecule has 0 radical (unpaired) electrons. The quantitative estimate of drug-likeness (QED) is 0.150. The maximum Gasteiger partial charge on any atom is 0.154 e. The maximum atomic E-state index is 9.94. The zero-order chi connectivity index (χ0) is 26.5. The predicted octanol–water partition coefficient (Wildman–Crippen LogP) is 8.55. The highest BCUT2D eigenvalue weighted by atomic mass is 16.3. The van der Waals surface area contributed by atoms with Crippen LogP contribution < -0.4 is 0 Å². The first kappa shape index (κ1) is 21.0. The molecular formula is C34H16N4O2. The zero-order valence-electron chi connectivity index (χ0n) is 20.8. The fraction of sp³-hybridized carbons (Fsp3) is 0. The minimum Gasteiger partial charge on any atom is -0.453 e. The van der Waals surface area contributed by atoms with E-state index in [0.29, 0.717) is 22.2 Å². The van der Waals surface area contributed by atoms with Crippen LogP contribution in [0.2, 0.25) is 0 Å². The van der Waals surface area contributed by atoms with E-state index in [1.807, 2.05) is 42.5 Å². The molecule has 6 nitrogen and oxygen atoms in total. The Morgan fingerprint density at radius 2 is 1.02 bits per heavy atom. The van der Waals surface area contributed by atoms with Crippen molar-refractivity contribution in [3.8, 4) is 23.5 Å². The highest BCUT2D eigenvalue weighted by molar-refractivity contribution is 6.17. The Morgan fingerprint density at radius 3 is 1.68 bits per heavy atom. The van der Waals surface area contributed by atoms with Crippen molar-refractivity contribution in [3.63, 3.8) is 0 Å². The Morgan fingerprint density at radius 1 is 0.500 bits per heavy atom. The fourth-order valence-electron chi connectivity index (χ4n) is 6.31. The second-order valence-electron chi connectivity index (χ2n) is 10.0. The van der Waals surface area contributed by atoms with Crippen LogP contribution in [0, 0.1) is 22.7 Å². The summed E-state index contributed by atoms with van der Waals surface area (Å²) in [6.45, 7) is 0. The Labute approximate surface area is 226 Å². The molecule has 0 saturated carbocycles. The summed E-state index contributed by atoms with van der Waals surface area (Å²) in [5.41, 5.74) is 8.65. The number of nitriles is 2. The van der Waals surface area contributed by atoms with Crippen molar-refractivity contribution in [2.24, 2.45) is 0 Å². The third-order valence-corrected chi connectivity index (χ3v) is 7.94. The molecule has 3 aliphatic heterocycles. The SMILES string of the molecule is N#Cc1cc2oc3cc4ccccc4c4c3-n(c2cc1C#N)c1c2c(cc3ccccc31)oc1ccccc1n4-2. The van der Waals surface area contributed by atoms with Gasteiger partial charge in [0.2, 0.25) is 0 Å². The summed E-state index contributed by atoms with van der Waals surface area (Å²) in [5, 5.41) is 23.9. The molecule has 0 bridgehead atoms. The van der Waals surface area contributed by atoms with Crippen LogP contribution in [-0.4, -0.2) is 9.13 Å². The highest BCUT2D eigenvalue weighted by Crippen LogP contribution is 2.46. The van der Waals surface area contributed by atoms with Crippen LogP contribution in [0.4, 0.5) is 0 Å². The number of nitrogens with zero attached hydrogens (tertiary/aromatic N) is 4. The van der Waals surface area contributed by atoms with E-state index in [0.717, 1.165) is 60.6 Å². The van der Waals surface area contributed by atoms with Crippen molar-refractivity contribution in [2.45, 2.75) is 0 Å². The lowest BCUT2D eigenvalue weighted by molar-refractivity contribution is 0.641. The predicted molar refractivity (Wildman–Crippen MR) is 155 cm³/mol. The first-order valence-electron chi connectivity index (χ1n) is 12.9. The molecule has 3 aliphatic rings. The van der Waals surface area contributed by atoms with Gasteiger partial charge in [0.15, 0.2) is 22.3 Å². The highest BCUT2D eigenvalue weighted by Gasteiger charge is 2.29. The van der Waals surface area contributed by atoms with Gasteiger partial charge in [-0.2, -0.15) is 10.5 Å². The number of hydrogen-bond donors (Lipinski definition) is 0. The molecule has 3 heterocycles. The van der Waals surface area contributed by atoms with E-state index in [2.05, 4.69) is 63.7 Å². The molecule has 0 saturated heterocycles. The lowest BCUT2D eigenvalue weighted by Crippen LogP contribution is -2.15. The van der Waals surface area contributed by atoms with Gasteiger partial charge in [0.1, 0.15) is 23.5 Å². The molecule has 0 unspecified atom stereocenters. The number of benzene rings is 6. The Hall–Kier alpha value is -5.98. The third kappa shape index (κ3) is 2.50. The number of rotatable bonds is 0. The van der Waals surface area contributed by atoms with Crippen molar-refractivity contribution in [2.75, 3.05) is 0 Å². The Bertz CT molecular complexity index is 2570. The van der Waals surface area contributed by atoms with Gasteiger partial charge in [0.25, 0.3) is 0 Å². The molecule has 6 heteroatoms. The first-order valence-corrected chi connectivity index (χ1v) is 12.9. The third-order valence-electron chi connectivity index (χ3n) is 7.94. The molecule has 6 aromatic rings. The summed E-state index contributed by atoms with van der Waals surface area (Å²) in [6.07, 6.45) is 0. The van der Waals surface area contributed by atoms with Gasteiger partial charge in [0.05, 0.1) is 33.2 Å². The van der Waals surface area contributed by atoms with Gasteiger partial charge in [-0.25, -0.2) is 0 Å². The largest absolute Gasteiger partial charge is 0.453 e. The lowest BCUT2D eigenvalue weighted by atomic mass is 10.00. The molecule has 9 rings (SSSR count). The summed E-state index contributed by atoms with van der Waals surface area (Å²) in [4.78, 5) is 0. The van der Waals surface area contributed by atoms with Gasteiger partial charge >= 0.3 is 0 Å². The average molecular weight is 513 g/mol. The van der Waals surface area contributed by atoms with Crippen molar-refractivity contribution in [3.05, 3.63) is 108 Å². The van der Waals surface area contributed by atoms with Crippen LogP contribution in [0.3, 0.4) is 0 Å². The molecule has 6 aromatic carbocycles. The van der Waals surface area contributed by atoms with E-state index in [9.17, 15) is 10.5 Å². The number of aromatic nitrogens is 2. The molecular weight excluding hydrogens is 496 g/mol. The monoisotopic (exact) mass is 512 g/mol. The molecule has 0 amide bonds. The molecule has 184 valence electrons. The van der Waals surface area contributed by atoms with Gasteiger partial charge < -0.3 is 8.83 Å². The van der Waals surface area contributed by atoms with Crippen LogP contribution >= 0.6 is 0 Å². The van der Waals surface area contributed by atoms with Gasteiger partial charge in [0, 0.05) is 16.8 Å². The van der Waals surface area contributed by atoms with E-state index in [-0.39, 0.29) is 5.56 Å². The van der Waals surface area contributed by atoms with Crippen LogP contribution in [0.1, 0.15) is 11.1 Å². The van der Waals surface area contributed by atoms with E-state index >= 15 is 0 Å². The average Bonchev–Trinajstić information content (AvgIpc) is 3.00. The molecule has 40 heavy (non-hydrogen) atoms. The molecule has 0 atom stereocenters. The van der Waals surface area contributed by atoms with Crippen LogP contribution in [0.25, 0.3) is 77.3 Å². The fourth-order valence-corrected chi connectivity index (χ4v) is 6.31. The standard InChI is InChI=1S/C34H16N4O2/c35-17-21-13-26-28(16-22(21)18-36)40-30-15-20-8-1-3-9-23(20)31-34(30)38(26)32-24-10-4-2-7-19(24)14-29-33(32)37(31)25-11-5-6-12-27(25)39-29/h1-16H. The minimum atomic E-state index is 0.279. The molecule has 0 N–H and O–H groups in total. The summed E-state index contributed by atoms with van der Waals surface area (Å²) in [5.74, 6) is 0. The summed E-state index contributed by atoms with van der Waals surface area (Å²) in [6, 6.07) is 36.5. The van der Waals surface area contributed by atoms with Gasteiger partial charge in [-0.15, -0.1) is 0 Å². The normalized spacial score (nSPS) is 11.9. The topological polar surface area (TPSA) is 83.7 Å².